The number of aromatic amines is 1. The number of amides is 1. The number of anilines is 1. The number of thiazole rings is 1. The number of carbonyl (C=O) groups is 1. The summed E-state index contributed by atoms with van der Waals surface area (Å²) in [7, 11) is 0. The van der Waals surface area contributed by atoms with Gasteiger partial charge in [-0.1, -0.05) is 23.5 Å². The van der Waals surface area contributed by atoms with Gasteiger partial charge in [0.15, 0.2) is 5.13 Å². The first-order valence-corrected chi connectivity index (χ1v) is 12.0. The quantitative estimate of drug-likeness (QED) is 0.621. The molecule has 166 valence electrons. The molecule has 0 radical (unpaired) electrons. The largest absolute Gasteiger partial charge is 0.354 e. The molecular weight excluding hydrogens is 420 g/mol. The van der Waals surface area contributed by atoms with Gasteiger partial charge < -0.3 is 14.7 Å². The van der Waals surface area contributed by atoms with E-state index in [1.165, 1.54) is 12.0 Å². The van der Waals surface area contributed by atoms with Crippen molar-refractivity contribution in [1.82, 2.24) is 25.0 Å². The normalized spacial score (nSPS) is 16.2. The maximum absolute atomic E-state index is 12.7. The van der Waals surface area contributed by atoms with Gasteiger partial charge in [0.25, 0.3) is 5.91 Å². The van der Waals surface area contributed by atoms with Crippen molar-refractivity contribution in [2.24, 2.45) is 0 Å². The summed E-state index contributed by atoms with van der Waals surface area (Å²) in [6, 6.07) is 10.1. The Labute approximate surface area is 192 Å². The van der Waals surface area contributed by atoms with E-state index in [4.69, 9.17) is 4.98 Å². The molecule has 2 aliphatic heterocycles. The molecule has 7 nitrogen and oxygen atoms in total. The van der Waals surface area contributed by atoms with Crippen molar-refractivity contribution in [2.75, 3.05) is 24.7 Å². The molecule has 1 N–H and O–H groups in total. The van der Waals surface area contributed by atoms with Gasteiger partial charge in [0, 0.05) is 43.3 Å². The van der Waals surface area contributed by atoms with Gasteiger partial charge in [-0.05, 0) is 56.9 Å². The van der Waals surface area contributed by atoms with Crippen molar-refractivity contribution < 1.29 is 4.79 Å². The summed E-state index contributed by atoms with van der Waals surface area (Å²) in [4.78, 5) is 24.9. The number of benzene rings is 1. The van der Waals surface area contributed by atoms with Crippen LogP contribution in [0, 0.1) is 13.8 Å². The molecule has 0 bridgehead atoms. The Morgan fingerprint density at radius 1 is 1.09 bits per heavy atom. The van der Waals surface area contributed by atoms with E-state index in [1.54, 1.807) is 11.3 Å². The van der Waals surface area contributed by atoms with Crippen LogP contribution >= 0.6 is 11.3 Å². The zero-order chi connectivity index (χ0) is 22.1. The number of likely N-dealkylation sites (tertiary alicyclic amines) is 1. The van der Waals surface area contributed by atoms with E-state index in [9.17, 15) is 4.79 Å². The third-order valence-corrected chi connectivity index (χ3v) is 7.21. The lowest BCUT2D eigenvalue weighted by Crippen LogP contribution is -2.35. The summed E-state index contributed by atoms with van der Waals surface area (Å²) in [5, 5.41) is 8.36. The van der Waals surface area contributed by atoms with Gasteiger partial charge in [0.05, 0.1) is 17.2 Å². The Morgan fingerprint density at radius 2 is 1.88 bits per heavy atom. The van der Waals surface area contributed by atoms with Crippen LogP contribution < -0.4 is 4.90 Å². The number of carbonyl (C=O) groups excluding carboxylic acids is 1. The SMILES string of the molecule is Cc1cc(-c2sc(N3C=CN(Cc4ccc(C(=O)N5CCCCC5)cc4)C3)nc2C)n[nH]1. The molecule has 2 aromatic heterocycles. The maximum atomic E-state index is 12.7. The molecule has 1 fully saturated rings. The highest BCUT2D eigenvalue weighted by atomic mass is 32.1. The van der Waals surface area contributed by atoms with E-state index >= 15 is 0 Å². The Hall–Kier alpha value is -3.13. The lowest BCUT2D eigenvalue weighted by molar-refractivity contribution is 0.0724. The van der Waals surface area contributed by atoms with Crippen molar-refractivity contribution >= 4 is 22.4 Å². The predicted octanol–water partition coefficient (Wildman–Crippen LogP) is 4.53. The van der Waals surface area contributed by atoms with Crippen LogP contribution in [0.4, 0.5) is 5.13 Å². The fraction of sp³-hybridized carbons (Fsp3) is 0.375. The maximum Gasteiger partial charge on any atom is 0.253 e. The monoisotopic (exact) mass is 448 g/mol. The van der Waals surface area contributed by atoms with Crippen molar-refractivity contribution in [1.29, 1.82) is 0 Å². The van der Waals surface area contributed by atoms with Crippen LogP contribution in [-0.2, 0) is 6.54 Å². The van der Waals surface area contributed by atoms with Crippen molar-refractivity contribution in [3.8, 4) is 10.6 Å². The number of aryl methyl sites for hydroxylation is 2. The highest BCUT2D eigenvalue weighted by Crippen LogP contribution is 2.35. The molecule has 0 saturated carbocycles. The van der Waals surface area contributed by atoms with Crippen molar-refractivity contribution in [2.45, 2.75) is 39.7 Å². The Kier molecular flexibility index (Phi) is 5.70. The number of piperidine rings is 1. The first-order chi connectivity index (χ1) is 15.6. The summed E-state index contributed by atoms with van der Waals surface area (Å²) < 4.78 is 0. The second kappa shape index (κ2) is 8.78. The number of hydrogen-bond acceptors (Lipinski definition) is 6. The van der Waals surface area contributed by atoms with E-state index in [-0.39, 0.29) is 5.91 Å². The molecule has 3 aromatic rings. The Balaban J connectivity index is 1.20. The average molecular weight is 449 g/mol. The first-order valence-electron chi connectivity index (χ1n) is 11.1. The number of aromatic nitrogens is 3. The first kappa shape index (κ1) is 20.8. The van der Waals surface area contributed by atoms with Crippen LogP contribution in [0.3, 0.4) is 0 Å². The van der Waals surface area contributed by atoms with E-state index < -0.39 is 0 Å². The summed E-state index contributed by atoms with van der Waals surface area (Å²) in [5.41, 5.74) is 4.97. The van der Waals surface area contributed by atoms with E-state index in [0.717, 1.165) is 71.8 Å². The van der Waals surface area contributed by atoms with Crippen molar-refractivity contribution in [3.63, 3.8) is 0 Å². The van der Waals surface area contributed by atoms with Gasteiger partial charge in [-0.25, -0.2) is 4.98 Å². The van der Waals surface area contributed by atoms with Gasteiger partial charge in [-0.3, -0.25) is 9.89 Å². The van der Waals surface area contributed by atoms with Gasteiger partial charge in [-0.15, -0.1) is 0 Å². The van der Waals surface area contributed by atoms with E-state index in [2.05, 4.69) is 50.6 Å². The van der Waals surface area contributed by atoms with Crippen LogP contribution in [0.1, 0.15) is 46.6 Å². The molecule has 1 saturated heterocycles. The molecule has 0 unspecified atom stereocenters. The molecule has 0 aliphatic carbocycles. The molecule has 1 aromatic carbocycles. The number of rotatable bonds is 5. The molecule has 0 spiro atoms. The fourth-order valence-corrected chi connectivity index (χ4v) is 5.24. The predicted molar refractivity (Wildman–Crippen MR) is 127 cm³/mol. The van der Waals surface area contributed by atoms with Gasteiger partial charge in [0.1, 0.15) is 5.69 Å². The standard InChI is InChI=1S/C24H28N6OS/c1-17-14-21(27-26-17)22-18(2)25-24(32-22)30-13-12-28(16-30)15-19-6-8-20(9-7-19)23(31)29-10-4-3-5-11-29/h6-9,12-14H,3-5,10-11,15-16H2,1-2H3,(H,26,27). The number of nitrogens with zero attached hydrogens (tertiary/aromatic N) is 5. The second-order valence-electron chi connectivity index (χ2n) is 8.55. The molecule has 1 amide bonds. The van der Waals surface area contributed by atoms with Crippen LogP contribution in [0.15, 0.2) is 42.7 Å². The topological polar surface area (TPSA) is 68.4 Å². The third kappa shape index (κ3) is 4.27. The van der Waals surface area contributed by atoms with Gasteiger partial charge in [0.2, 0.25) is 0 Å². The smallest absolute Gasteiger partial charge is 0.253 e. The van der Waals surface area contributed by atoms with Crippen molar-refractivity contribution in [3.05, 3.63) is 65.2 Å². The molecule has 8 heteroatoms. The van der Waals surface area contributed by atoms with Gasteiger partial charge >= 0.3 is 0 Å². The fourth-order valence-electron chi connectivity index (χ4n) is 4.24. The molecule has 0 atom stereocenters. The molecule has 4 heterocycles. The lowest BCUT2D eigenvalue weighted by atomic mass is 10.1. The number of H-pyrrole nitrogens is 1. The molecule has 5 rings (SSSR count). The van der Waals surface area contributed by atoms with Crippen LogP contribution in [0.25, 0.3) is 10.6 Å². The lowest BCUT2D eigenvalue weighted by Gasteiger charge is -2.26. The summed E-state index contributed by atoms with van der Waals surface area (Å²) >= 11 is 1.66. The Bertz CT molecular complexity index is 1130. The molecule has 2 aliphatic rings. The molecular formula is C24H28N6OS. The average Bonchev–Trinajstić information content (AvgIpc) is 3.54. The summed E-state index contributed by atoms with van der Waals surface area (Å²) in [6.45, 7) is 7.34. The van der Waals surface area contributed by atoms with Crippen LogP contribution in [0.2, 0.25) is 0 Å². The van der Waals surface area contributed by atoms with E-state index in [1.807, 2.05) is 30.9 Å². The number of hydrogen-bond donors (Lipinski definition) is 1. The van der Waals surface area contributed by atoms with E-state index in [0.29, 0.717) is 0 Å². The molecule has 32 heavy (non-hydrogen) atoms. The highest BCUT2D eigenvalue weighted by molar-refractivity contribution is 7.19. The Morgan fingerprint density at radius 3 is 2.59 bits per heavy atom. The number of nitrogens with one attached hydrogen (secondary N) is 1. The van der Waals surface area contributed by atoms with Crippen LogP contribution in [0.5, 0.6) is 0 Å². The van der Waals surface area contributed by atoms with Crippen LogP contribution in [-0.4, -0.2) is 50.6 Å². The zero-order valence-corrected chi connectivity index (χ0v) is 19.4. The summed E-state index contributed by atoms with van der Waals surface area (Å²) in [6.07, 6.45) is 7.63. The highest BCUT2D eigenvalue weighted by Gasteiger charge is 2.21. The minimum Gasteiger partial charge on any atom is -0.354 e. The zero-order valence-electron chi connectivity index (χ0n) is 18.5. The summed E-state index contributed by atoms with van der Waals surface area (Å²) in [5.74, 6) is 0.158. The minimum absolute atomic E-state index is 0.158. The minimum atomic E-state index is 0.158. The third-order valence-electron chi connectivity index (χ3n) is 5.99. The van der Waals surface area contributed by atoms with Gasteiger partial charge in [-0.2, -0.15) is 5.10 Å². The second-order valence-corrected chi connectivity index (χ2v) is 9.53.